The van der Waals surface area contributed by atoms with Crippen LogP contribution in [0.3, 0.4) is 0 Å². The number of hydrogen-bond acceptors (Lipinski definition) is 2. The molecule has 0 atom stereocenters. The average molecular weight is 574 g/mol. The molecule has 0 aliphatic heterocycles. The molecule has 0 fully saturated rings. The van der Waals surface area contributed by atoms with E-state index in [0.717, 1.165) is 48.5 Å². The molecule has 0 saturated carbocycles. The number of halogens is 2. The van der Waals surface area contributed by atoms with E-state index in [2.05, 4.69) is 80.1 Å². The van der Waals surface area contributed by atoms with Crippen molar-refractivity contribution in [1.29, 1.82) is 0 Å². The zero-order chi connectivity index (χ0) is 22.0. The monoisotopic (exact) mass is 572 g/mol. The number of benzene rings is 3. The van der Waals surface area contributed by atoms with Crippen LogP contribution in [-0.4, -0.2) is 31.2 Å². The Morgan fingerprint density at radius 3 is 2.00 bits per heavy atom. The lowest BCUT2D eigenvalue weighted by Crippen LogP contribution is -3.00. The van der Waals surface area contributed by atoms with Crippen LogP contribution in [0.4, 0.5) is 11.4 Å². The first-order valence-electron chi connectivity index (χ1n) is 11.3. The number of rotatable bonds is 7. The molecule has 176 valence electrons. The van der Waals surface area contributed by atoms with Crippen LogP contribution in [0, 0.1) is 0 Å². The minimum Gasteiger partial charge on any atom is -1.00 e. The van der Waals surface area contributed by atoms with Gasteiger partial charge in [-0.2, -0.15) is 4.57 Å². The van der Waals surface area contributed by atoms with Gasteiger partial charge in [-0.15, -0.1) is 0 Å². The molecule has 0 radical (unpaired) electrons. The molecule has 4 aromatic rings. The van der Waals surface area contributed by atoms with E-state index in [4.69, 9.17) is 11.5 Å². The third kappa shape index (κ3) is 5.51. The van der Waals surface area contributed by atoms with Gasteiger partial charge in [0.05, 0.1) is 43.9 Å². The van der Waals surface area contributed by atoms with Crippen molar-refractivity contribution in [2.45, 2.75) is 26.8 Å². The molecule has 0 amide bonds. The van der Waals surface area contributed by atoms with Gasteiger partial charge in [-0.05, 0) is 50.2 Å². The van der Waals surface area contributed by atoms with E-state index in [1.807, 2.05) is 12.1 Å². The fourth-order valence-corrected chi connectivity index (χ4v) is 4.55. The Kier molecular flexibility index (Phi) is 9.29. The number of nitrogens with two attached hydrogens (primary N) is 2. The molecule has 4 rings (SSSR count). The van der Waals surface area contributed by atoms with Gasteiger partial charge in [-0.1, -0.05) is 24.3 Å². The Balaban J connectivity index is 0.00000193. The van der Waals surface area contributed by atoms with Crippen LogP contribution in [0.15, 0.2) is 66.7 Å². The molecule has 0 unspecified atom stereocenters. The predicted octanol–water partition coefficient (Wildman–Crippen LogP) is -1.00. The Morgan fingerprint density at radius 1 is 0.758 bits per heavy atom. The number of nitrogens with zero attached hydrogens (tertiary/aromatic N) is 2. The van der Waals surface area contributed by atoms with Crippen LogP contribution in [0.25, 0.3) is 32.9 Å². The lowest BCUT2D eigenvalue weighted by molar-refractivity contribution is -0.908. The van der Waals surface area contributed by atoms with E-state index >= 15 is 0 Å². The summed E-state index contributed by atoms with van der Waals surface area (Å²) in [4.78, 5) is 0. The Bertz CT molecular complexity index is 1220. The van der Waals surface area contributed by atoms with Crippen molar-refractivity contribution in [1.82, 2.24) is 0 Å². The van der Waals surface area contributed by atoms with Crippen LogP contribution in [0.1, 0.15) is 20.3 Å². The molecule has 0 aliphatic carbocycles. The van der Waals surface area contributed by atoms with Crippen molar-refractivity contribution in [3.05, 3.63) is 66.7 Å². The second-order valence-corrected chi connectivity index (χ2v) is 8.78. The first-order chi connectivity index (χ1) is 15.0. The fraction of sp³-hybridized carbons (Fsp3) is 0.296. The largest absolute Gasteiger partial charge is 1.00 e. The molecule has 3 aromatic carbocycles. The van der Waals surface area contributed by atoms with Crippen LogP contribution < -0.4 is 50.0 Å². The van der Waals surface area contributed by atoms with E-state index in [1.54, 1.807) is 0 Å². The maximum absolute atomic E-state index is 6.25. The molecule has 4 N–H and O–H groups in total. The van der Waals surface area contributed by atoms with Crippen molar-refractivity contribution in [2.24, 2.45) is 0 Å². The molecule has 0 spiro atoms. The summed E-state index contributed by atoms with van der Waals surface area (Å²) < 4.78 is 3.54. The van der Waals surface area contributed by atoms with Crippen molar-refractivity contribution in [3.63, 3.8) is 0 Å². The van der Waals surface area contributed by atoms with Crippen molar-refractivity contribution < 1.29 is 43.0 Å². The van der Waals surface area contributed by atoms with Gasteiger partial charge in [0.25, 0.3) is 0 Å². The van der Waals surface area contributed by atoms with Gasteiger partial charge in [0.1, 0.15) is 0 Å². The number of pyridine rings is 1. The summed E-state index contributed by atoms with van der Waals surface area (Å²) in [6.45, 7) is 8.93. The lowest BCUT2D eigenvalue weighted by Gasteiger charge is -2.31. The number of fused-ring (bicyclic) bond motifs is 3. The molecule has 33 heavy (non-hydrogen) atoms. The molecular formula is C27H34Br2N4. The zero-order valence-corrected chi connectivity index (χ0v) is 22.9. The molecule has 1 heterocycles. The first kappa shape index (κ1) is 27.1. The smallest absolute Gasteiger partial charge is 0.220 e. The number of aryl methyl sites for hydroxylation is 1. The van der Waals surface area contributed by atoms with Crippen LogP contribution in [-0.2, 0) is 6.54 Å². The quantitative estimate of drug-likeness (QED) is 0.129. The summed E-state index contributed by atoms with van der Waals surface area (Å²) in [5.74, 6) is 0. The highest BCUT2D eigenvalue weighted by atomic mass is 79.9. The van der Waals surface area contributed by atoms with Gasteiger partial charge in [0.2, 0.25) is 11.2 Å². The molecule has 0 bridgehead atoms. The molecule has 0 saturated heterocycles. The number of aromatic nitrogens is 1. The van der Waals surface area contributed by atoms with Crippen LogP contribution in [0.2, 0.25) is 0 Å². The van der Waals surface area contributed by atoms with E-state index in [-0.39, 0.29) is 34.0 Å². The van der Waals surface area contributed by atoms with Gasteiger partial charge < -0.3 is 49.9 Å². The first-order valence-corrected chi connectivity index (χ1v) is 11.3. The van der Waals surface area contributed by atoms with Gasteiger partial charge in [-0.25, -0.2) is 0 Å². The zero-order valence-electron chi connectivity index (χ0n) is 19.7. The normalized spacial score (nSPS) is 11.2. The average Bonchev–Trinajstić information content (AvgIpc) is 2.79. The second kappa shape index (κ2) is 11.3. The van der Waals surface area contributed by atoms with Crippen molar-refractivity contribution >= 4 is 33.1 Å². The summed E-state index contributed by atoms with van der Waals surface area (Å²) in [5, 5.41) is 3.61. The minimum atomic E-state index is 0. The Labute approximate surface area is 218 Å². The number of nitrogen functional groups attached to an aromatic ring is 2. The highest BCUT2D eigenvalue weighted by molar-refractivity contribution is 6.10. The van der Waals surface area contributed by atoms with E-state index in [0.29, 0.717) is 0 Å². The summed E-state index contributed by atoms with van der Waals surface area (Å²) in [6.07, 6.45) is 1.10. The second-order valence-electron chi connectivity index (χ2n) is 8.78. The number of anilines is 2. The van der Waals surface area contributed by atoms with E-state index in [1.165, 1.54) is 32.9 Å². The number of hydrogen-bond donors (Lipinski definition) is 2. The lowest BCUT2D eigenvalue weighted by atomic mass is 9.98. The number of quaternary nitrogens is 1. The van der Waals surface area contributed by atoms with Crippen LogP contribution >= 0.6 is 0 Å². The SMILES string of the molecule is CC[N+](C)(CC)CCC[n+]1c(-c2ccccc2)c2cc(N)ccc2c2ccc(N)cc21.[Br-].[Br-]. The summed E-state index contributed by atoms with van der Waals surface area (Å²) in [5.41, 5.74) is 17.7. The van der Waals surface area contributed by atoms with Gasteiger partial charge in [-0.3, -0.25) is 0 Å². The highest BCUT2D eigenvalue weighted by Crippen LogP contribution is 2.33. The van der Waals surface area contributed by atoms with Crippen LogP contribution in [0.5, 0.6) is 0 Å². The summed E-state index contributed by atoms with van der Waals surface area (Å²) >= 11 is 0. The predicted molar refractivity (Wildman–Crippen MR) is 133 cm³/mol. The highest BCUT2D eigenvalue weighted by Gasteiger charge is 2.25. The molecule has 4 nitrogen and oxygen atoms in total. The van der Waals surface area contributed by atoms with Gasteiger partial charge in [0, 0.05) is 28.4 Å². The van der Waals surface area contributed by atoms with E-state index in [9.17, 15) is 0 Å². The Morgan fingerprint density at radius 2 is 1.36 bits per heavy atom. The summed E-state index contributed by atoms with van der Waals surface area (Å²) in [6, 6.07) is 23.1. The maximum atomic E-state index is 6.25. The Hall–Kier alpha value is -2.15. The topological polar surface area (TPSA) is 55.9 Å². The van der Waals surface area contributed by atoms with Gasteiger partial charge >= 0.3 is 0 Å². The summed E-state index contributed by atoms with van der Waals surface area (Å²) in [7, 11) is 2.35. The van der Waals surface area contributed by atoms with Crippen molar-refractivity contribution in [2.75, 3.05) is 38.1 Å². The molecule has 6 heteroatoms. The minimum absolute atomic E-state index is 0. The molecule has 1 aromatic heterocycles. The van der Waals surface area contributed by atoms with Gasteiger partial charge in [0.15, 0.2) is 6.54 Å². The van der Waals surface area contributed by atoms with E-state index < -0.39 is 0 Å². The maximum Gasteiger partial charge on any atom is 0.220 e. The molecular weight excluding hydrogens is 540 g/mol. The molecule has 0 aliphatic rings. The third-order valence-electron chi connectivity index (χ3n) is 6.83. The van der Waals surface area contributed by atoms with Crippen molar-refractivity contribution in [3.8, 4) is 11.3 Å². The standard InChI is InChI=1S/C27H33N4.2BrH/c1-4-31(3,5-2)17-9-16-30-26-19-22(29)13-15-24(26)23-14-12-21(28)18-25(23)27(30)20-10-7-6-8-11-20;;/h6-8,10-15,18-19,29H,4-5,9,16-17,28H2,1-3H3;2*1H/q+1;;/p-1. The fourth-order valence-electron chi connectivity index (χ4n) is 4.55. The third-order valence-corrected chi connectivity index (χ3v) is 6.83.